The van der Waals surface area contributed by atoms with E-state index in [1.54, 1.807) is 17.0 Å². The molecule has 2 aromatic heterocycles. The second kappa shape index (κ2) is 7.31. The van der Waals surface area contributed by atoms with Crippen molar-refractivity contribution in [3.05, 3.63) is 76.2 Å². The van der Waals surface area contributed by atoms with Gasteiger partial charge in [-0.1, -0.05) is 30.3 Å². The third-order valence-corrected chi connectivity index (χ3v) is 4.89. The first-order valence-corrected chi connectivity index (χ1v) is 8.96. The largest absolute Gasteiger partial charge is 0.382 e. The number of hydrogen-bond acceptors (Lipinski definition) is 4. The van der Waals surface area contributed by atoms with Gasteiger partial charge in [-0.25, -0.2) is 4.79 Å². The maximum absolute atomic E-state index is 11.6. The monoisotopic (exact) mass is 353 g/mol. The Balaban J connectivity index is 1.47. The van der Waals surface area contributed by atoms with Gasteiger partial charge in [-0.05, 0) is 18.1 Å². The van der Waals surface area contributed by atoms with Crippen LogP contribution in [0.2, 0.25) is 0 Å². The number of hydrogen-bond donors (Lipinski definition) is 2. The average Bonchev–Trinajstić information content (AvgIpc) is 3.21. The molecule has 0 fully saturated rings. The SMILES string of the molecule is O=c1[nH]ccn1CCN1CCCn2nc(C(O)c3ccccc3)cc2C1. The van der Waals surface area contributed by atoms with Gasteiger partial charge in [0.05, 0.1) is 11.4 Å². The smallest absolute Gasteiger partial charge is 0.325 e. The molecular weight excluding hydrogens is 330 g/mol. The van der Waals surface area contributed by atoms with Gasteiger partial charge in [-0.15, -0.1) is 0 Å². The van der Waals surface area contributed by atoms with Crippen molar-refractivity contribution in [3.63, 3.8) is 0 Å². The molecule has 0 aliphatic carbocycles. The van der Waals surface area contributed by atoms with Crippen LogP contribution >= 0.6 is 0 Å². The number of imidazole rings is 1. The van der Waals surface area contributed by atoms with Crippen LogP contribution in [0.3, 0.4) is 0 Å². The summed E-state index contributed by atoms with van der Waals surface area (Å²) in [5, 5.41) is 15.2. The number of rotatable bonds is 5. The first-order valence-electron chi connectivity index (χ1n) is 8.96. The number of fused-ring (bicyclic) bond motifs is 1. The second-order valence-electron chi connectivity index (χ2n) is 6.69. The van der Waals surface area contributed by atoms with Crippen molar-refractivity contribution in [3.8, 4) is 0 Å². The molecular formula is C19H23N5O2. The molecule has 4 rings (SSSR count). The molecule has 0 saturated heterocycles. The predicted molar refractivity (Wildman–Crippen MR) is 97.7 cm³/mol. The third-order valence-electron chi connectivity index (χ3n) is 4.89. The van der Waals surface area contributed by atoms with Crippen LogP contribution in [0.15, 0.2) is 53.6 Å². The lowest BCUT2D eigenvalue weighted by Crippen LogP contribution is -2.30. The summed E-state index contributed by atoms with van der Waals surface area (Å²) >= 11 is 0. The van der Waals surface area contributed by atoms with Crippen LogP contribution in [-0.4, -0.2) is 42.4 Å². The van der Waals surface area contributed by atoms with E-state index in [1.807, 2.05) is 41.1 Å². The summed E-state index contributed by atoms with van der Waals surface area (Å²) in [5.41, 5.74) is 2.58. The van der Waals surface area contributed by atoms with E-state index >= 15 is 0 Å². The highest BCUT2D eigenvalue weighted by Gasteiger charge is 2.20. The Labute approximate surface area is 151 Å². The molecule has 0 saturated carbocycles. The number of aliphatic hydroxyl groups is 1. The lowest BCUT2D eigenvalue weighted by Gasteiger charge is -2.19. The molecule has 136 valence electrons. The number of aliphatic hydroxyl groups excluding tert-OH is 1. The Hall–Kier alpha value is -2.64. The van der Waals surface area contributed by atoms with Gasteiger partial charge in [0.1, 0.15) is 6.10 Å². The van der Waals surface area contributed by atoms with Gasteiger partial charge in [0, 0.05) is 45.1 Å². The quantitative estimate of drug-likeness (QED) is 0.726. The topological polar surface area (TPSA) is 79.1 Å². The average molecular weight is 353 g/mol. The summed E-state index contributed by atoms with van der Waals surface area (Å²) in [6, 6.07) is 11.6. The summed E-state index contributed by atoms with van der Waals surface area (Å²) in [6.45, 7) is 4.06. The van der Waals surface area contributed by atoms with Crippen molar-refractivity contribution in [2.24, 2.45) is 0 Å². The molecule has 0 bridgehead atoms. The predicted octanol–water partition coefficient (Wildman–Crippen LogP) is 1.36. The first-order chi connectivity index (χ1) is 12.7. The van der Waals surface area contributed by atoms with E-state index in [1.165, 1.54) is 0 Å². The summed E-state index contributed by atoms with van der Waals surface area (Å²) in [7, 11) is 0. The number of aromatic nitrogens is 4. The van der Waals surface area contributed by atoms with E-state index in [4.69, 9.17) is 0 Å². The zero-order valence-electron chi connectivity index (χ0n) is 14.6. The molecule has 7 nitrogen and oxygen atoms in total. The van der Waals surface area contributed by atoms with Crippen LogP contribution in [0, 0.1) is 0 Å². The van der Waals surface area contributed by atoms with Crippen molar-refractivity contribution in [1.29, 1.82) is 0 Å². The minimum absolute atomic E-state index is 0.0712. The molecule has 0 amide bonds. The van der Waals surface area contributed by atoms with E-state index in [9.17, 15) is 9.90 Å². The van der Waals surface area contributed by atoms with Crippen molar-refractivity contribution in [2.75, 3.05) is 13.1 Å². The fraction of sp³-hybridized carbons (Fsp3) is 0.368. The van der Waals surface area contributed by atoms with Crippen LogP contribution < -0.4 is 5.69 Å². The zero-order valence-corrected chi connectivity index (χ0v) is 14.6. The summed E-state index contributed by atoms with van der Waals surface area (Å²) in [4.78, 5) is 16.6. The lowest BCUT2D eigenvalue weighted by atomic mass is 10.1. The molecule has 1 unspecified atom stereocenters. The van der Waals surface area contributed by atoms with Gasteiger partial charge in [0.25, 0.3) is 0 Å². The van der Waals surface area contributed by atoms with Crippen molar-refractivity contribution >= 4 is 0 Å². The molecule has 1 aliphatic heterocycles. The Kier molecular flexibility index (Phi) is 4.73. The molecule has 3 aromatic rings. The molecule has 2 N–H and O–H groups in total. The van der Waals surface area contributed by atoms with Crippen LogP contribution in [-0.2, 0) is 19.6 Å². The van der Waals surface area contributed by atoms with Gasteiger partial charge < -0.3 is 10.1 Å². The van der Waals surface area contributed by atoms with Crippen LogP contribution in [0.25, 0.3) is 0 Å². The first kappa shape index (κ1) is 16.8. The van der Waals surface area contributed by atoms with Crippen LogP contribution in [0.4, 0.5) is 0 Å². The molecule has 1 aliphatic rings. The summed E-state index contributed by atoms with van der Waals surface area (Å²) in [6.07, 6.45) is 3.73. The molecule has 1 aromatic carbocycles. The van der Waals surface area contributed by atoms with Crippen LogP contribution in [0.1, 0.15) is 29.5 Å². The number of aromatic amines is 1. The summed E-state index contributed by atoms with van der Waals surface area (Å²) < 4.78 is 3.69. The Morgan fingerprint density at radius 3 is 2.81 bits per heavy atom. The number of benzene rings is 1. The maximum atomic E-state index is 11.6. The highest BCUT2D eigenvalue weighted by Crippen LogP contribution is 2.23. The zero-order chi connectivity index (χ0) is 17.9. The Morgan fingerprint density at radius 1 is 1.19 bits per heavy atom. The standard InChI is InChI=1S/C19H23N5O2/c25-18(15-5-2-1-3-6-15)17-13-16-14-22(8-4-9-24(16)21-17)11-12-23-10-7-20-19(23)26/h1-3,5-7,10,13,18,25H,4,8-9,11-12,14H2,(H,20,26). The van der Waals surface area contributed by atoms with E-state index in [2.05, 4.69) is 15.0 Å². The summed E-state index contributed by atoms with van der Waals surface area (Å²) in [5.74, 6) is 0. The fourth-order valence-electron chi connectivity index (χ4n) is 3.46. The van der Waals surface area contributed by atoms with Gasteiger partial charge >= 0.3 is 5.69 Å². The van der Waals surface area contributed by atoms with Gasteiger partial charge in [0.15, 0.2) is 0 Å². The van der Waals surface area contributed by atoms with E-state index < -0.39 is 6.10 Å². The number of nitrogens with one attached hydrogen (secondary N) is 1. The van der Waals surface area contributed by atoms with E-state index in [0.717, 1.165) is 43.9 Å². The molecule has 0 radical (unpaired) electrons. The molecule has 26 heavy (non-hydrogen) atoms. The normalized spacial score (nSPS) is 16.2. The number of aryl methyl sites for hydroxylation is 1. The minimum atomic E-state index is -0.706. The highest BCUT2D eigenvalue weighted by atomic mass is 16.3. The lowest BCUT2D eigenvalue weighted by molar-refractivity contribution is 0.213. The Bertz CT molecular complexity index is 911. The maximum Gasteiger partial charge on any atom is 0.325 e. The molecule has 1 atom stereocenters. The molecule has 7 heteroatoms. The second-order valence-corrected chi connectivity index (χ2v) is 6.69. The number of H-pyrrole nitrogens is 1. The van der Waals surface area contributed by atoms with E-state index in [-0.39, 0.29) is 5.69 Å². The third kappa shape index (κ3) is 3.49. The number of nitrogens with zero attached hydrogens (tertiary/aromatic N) is 4. The minimum Gasteiger partial charge on any atom is -0.382 e. The molecule has 0 spiro atoms. The van der Waals surface area contributed by atoms with Gasteiger partial charge in [-0.2, -0.15) is 5.10 Å². The van der Waals surface area contributed by atoms with Crippen molar-refractivity contribution < 1.29 is 5.11 Å². The van der Waals surface area contributed by atoms with Gasteiger partial charge in [0.2, 0.25) is 0 Å². The van der Waals surface area contributed by atoms with Crippen molar-refractivity contribution in [1.82, 2.24) is 24.2 Å². The van der Waals surface area contributed by atoms with Crippen molar-refractivity contribution in [2.45, 2.75) is 32.2 Å². The van der Waals surface area contributed by atoms with Crippen LogP contribution in [0.5, 0.6) is 0 Å². The fourth-order valence-corrected chi connectivity index (χ4v) is 3.46. The van der Waals surface area contributed by atoms with E-state index in [0.29, 0.717) is 12.2 Å². The Morgan fingerprint density at radius 2 is 2.04 bits per heavy atom. The molecule has 3 heterocycles. The van der Waals surface area contributed by atoms with Gasteiger partial charge in [-0.3, -0.25) is 14.1 Å². The highest BCUT2D eigenvalue weighted by molar-refractivity contribution is 5.26.